The summed E-state index contributed by atoms with van der Waals surface area (Å²) in [5.74, 6) is 0. The highest BCUT2D eigenvalue weighted by Crippen LogP contribution is 2.32. The first-order chi connectivity index (χ1) is 10.1. The Labute approximate surface area is 126 Å². The fourth-order valence-corrected chi connectivity index (χ4v) is 2.62. The van der Waals surface area contributed by atoms with Crippen LogP contribution in [0.15, 0.2) is 6.20 Å². The smallest absolute Gasteiger partial charge is 0.422 e. The van der Waals surface area contributed by atoms with Gasteiger partial charge in [-0.25, -0.2) is 4.79 Å². The van der Waals surface area contributed by atoms with Crippen LogP contribution in [0, 0.1) is 0 Å². The van der Waals surface area contributed by atoms with Crippen LogP contribution >= 0.6 is 0 Å². The molecule has 1 heterocycles. The third-order valence-corrected chi connectivity index (χ3v) is 3.48. The Balaban J connectivity index is 2.07. The van der Waals surface area contributed by atoms with Gasteiger partial charge in [-0.1, -0.05) is 0 Å². The van der Waals surface area contributed by atoms with Crippen molar-refractivity contribution >= 4 is 6.09 Å². The van der Waals surface area contributed by atoms with Gasteiger partial charge in [-0.05, 0) is 40.0 Å². The zero-order valence-corrected chi connectivity index (χ0v) is 12.8. The van der Waals surface area contributed by atoms with Crippen molar-refractivity contribution in [2.45, 2.75) is 57.8 Å². The van der Waals surface area contributed by atoms with Gasteiger partial charge in [-0.2, -0.15) is 18.3 Å². The highest BCUT2D eigenvalue weighted by molar-refractivity contribution is 5.68. The minimum Gasteiger partial charge on any atom is -0.440 e. The average Bonchev–Trinajstić information content (AvgIpc) is 2.80. The fraction of sp³-hybridized carbons (Fsp3) is 0.714. The van der Waals surface area contributed by atoms with E-state index in [1.54, 1.807) is 6.20 Å². The molecule has 1 aliphatic carbocycles. The van der Waals surface area contributed by atoms with Gasteiger partial charge < -0.3 is 10.1 Å². The van der Waals surface area contributed by atoms with Crippen molar-refractivity contribution in [1.82, 2.24) is 15.1 Å². The topological polar surface area (TPSA) is 56.2 Å². The van der Waals surface area contributed by atoms with Crippen molar-refractivity contribution in [3.8, 4) is 0 Å². The molecule has 0 spiro atoms. The molecule has 1 aromatic heterocycles. The van der Waals surface area contributed by atoms with Gasteiger partial charge >= 0.3 is 12.3 Å². The third kappa shape index (κ3) is 3.92. The molecule has 1 aliphatic rings. The molecule has 0 aromatic carbocycles. The van der Waals surface area contributed by atoms with Crippen LogP contribution < -0.4 is 5.32 Å². The van der Waals surface area contributed by atoms with Gasteiger partial charge in [-0.15, -0.1) is 0 Å². The quantitative estimate of drug-likeness (QED) is 0.910. The number of ether oxygens (including phenoxy) is 1. The number of hydrogen-bond acceptors (Lipinski definition) is 3. The van der Waals surface area contributed by atoms with Crippen molar-refractivity contribution in [3.05, 3.63) is 17.5 Å². The van der Waals surface area contributed by atoms with E-state index in [1.807, 2.05) is 25.5 Å². The van der Waals surface area contributed by atoms with Crippen molar-refractivity contribution in [2.24, 2.45) is 0 Å². The van der Waals surface area contributed by atoms with Crippen molar-refractivity contribution < 1.29 is 22.7 Å². The average molecular weight is 319 g/mol. The second-order valence-corrected chi connectivity index (χ2v) is 6.41. The molecule has 1 amide bonds. The van der Waals surface area contributed by atoms with E-state index in [9.17, 15) is 18.0 Å². The lowest BCUT2D eigenvalue weighted by Gasteiger charge is -2.28. The number of amides is 1. The maximum atomic E-state index is 12.0. The van der Waals surface area contributed by atoms with E-state index >= 15 is 0 Å². The Hall–Kier alpha value is -1.73. The van der Waals surface area contributed by atoms with E-state index in [0.717, 1.165) is 24.1 Å². The van der Waals surface area contributed by atoms with Crippen LogP contribution in [0.25, 0.3) is 0 Å². The van der Waals surface area contributed by atoms with Crippen molar-refractivity contribution in [2.75, 3.05) is 6.61 Å². The van der Waals surface area contributed by atoms with Gasteiger partial charge in [0.25, 0.3) is 0 Å². The maximum Gasteiger partial charge on any atom is 0.422 e. The number of alkyl carbamates (subject to hydrolysis) is 1. The van der Waals surface area contributed by atoms with E-state index in [0.29, 0.717) is 6.42 Å². The minimum absolute atomic E-state index is 0.188. The highest BCUT2D eigenvalue weighted by atomic mass is 19.4. The normalized spacial score (nSPS) is 18.7. The van der Waals surface area contributed by atoms with Gasteiger partial charge in [0, 0.05) is 11.3 Å². The second kappa shape index (κ2) is 5.81. The molecule has 0 unspecified atom stereocenters. The van der Waals surface area contributed by atoms with Gasteiger partial charge in [0.1, 0.15) is 0 Å². The molecule has 0 fully saturated rings. The van der Waals surface area contributed by atoms with Crippen LogP contribution in [0.5, 0.6) is 0 Å². The molecule has 124 valence electrons. The molecule has 5 nitrogen and oxygen atoms in total. The molecule has 0 aliphatic heterocycles. The van der Waals surface area contributed by atoms with Gasteiger partial charge in [0.15, 0.2) is 6.61 Å². The third-order valence-electron chi connectivity index (χ3n) is 3.48. The van der Waals surface area contributed by atoms with Crippen LogP contribution in [0.1, 0.15) is 50.9 Å². The standard InChI is InChI=1S/C14H20F3N3O2/c1-13(2,3)20-11-6-4-5-10(9(11)7-18-20)19-12(21)22-8-14(15,16)17/h7,10H,4-6,8H2,1-3H3,(H,19,21)/t10-/m1/s1. The molecular formula is C14H20F3N3O2. The number of nitrogens with zero attached hydrogens (tertiary/aromatic N) is 2. The van der Waals surface area contributed by atoms with E-state index in [2.05, 4.69) is 15.2 Å². The number of carbonyl (C=O) groups excluding carboxylic acids is 1. The molecule has 1 aromatic rings. The van der Waals surface area contributed by atoms with Crippen molar-refractivity contribution in [3.63, 3.8) is 0 Å². The molecule has 0 radical (unpaired) electrons. The van der Waals surface area contributed by atoms with Crippen molar-refractivity contribution in [1.29, 1.82) is 0 Å². The Morgan fingerprint density at radius 2 is 2.14 bits per heavy atom. The van der Waals surface area contributed by atoms with Gasteiger partial charge in [0.05, 0.1) is 17.8 Å². The summed E-state index contributed by atoms with van der Waals surface area (Å²) < 4.78 is 42.2. The molecule has 0 saturated heterocycles. The molecule has 1 N–H and O–H groups in total. The van der Waals surface area contributed by atoms with Gasteiger partial charge in [-0.3, -0.25) is 4.68 Å². The lowest BCUT2D eigenvalue weighted by Crippen LogP contribution is -2.34. The summed E-state index contributed by atoms with van der Waals surface area (Å²) in [6.45, 7) is 4.48. The van der Waals surface area contributed by atoms with Crippen LogP contribution in [-0.2, 0) is 16.7 Å². The number of hydrogen-bond donors (Lipinski definition) is 1. The van der Waals surface area contributed by atoms with E-state index in [-0.39, 0.29) is 11.6 Å². The predicted molar refractivity (Wildman–Crippen MR) is 73.4 cm³/mol. The minimum atomic E-state index is -4.52. The Bertz CT molecular complexity index is 547. The lowest BCUT2D eigenvalue weighted by molar-refractivity contribution is -0.160. The molecule has 2 rings (SSSR count). The Kier molecular flexibility index (Phi) is 4.39. The second-order valence-electron chi connectivity index (χ2n) is 6.41. The zero-order chi connectivity index (χ0) is 16.5. The molecule has 1 atom stereocenters. The summed E-state index contributed by atoms with van der Waals surface area (Å²) in [6.07, 6.45) is -1.58. The van der Waals surface area contributed by atoms with Crippen LogP contribution in [0.4, 0.5) is 18.0 Å². The predicted octanol–water partition coefficient (Wildman–Crippen LogP) is 3.30. The Morgan fingerprint density at radius 1 is 1.45 bits per heavy atom. The van der Waals surface area contributed by atoms with Gasteiger partial charge in [0.2, 0.25) is 0 Å². The summed E-state index contributed by atoms with van der Waals surface area (Å²) in [5, 5.41) is 6.85. The van der Waals surface area contributed by atoms with Crippen LogP contribution in [-0.4, -0.2) is 28.7 Å². The van der Waals surface area contributed by atoms with E-state index < -0.39 is 18.9 Å². The summed E-state index contributed by atoms with van der Waals surface area (Å²) in [6, 6.07) is -0.361. The number of alkyl halides is 3. The Morgan fingerprint density at radius 3 is 2.73 bits per heavy atom. The van der Waals surface area contributed by atoms with Crippen LogP contribution in [0.2, 0.25) is 0 Å². The summed E-state index contributed by atoms with van der Waals surface area (Å²) in [5.41, 5.74) is 1.68. The molecular weight excluding hydrogens is 299 g/mol. The SMILES string of the molecule is CC(C)(C)n1ncc2c1CCC[C@H]2NC(=O)OCC(F)(F)F. The number of halogens is 3. The highest BCUT2D eigenvalue weighted by Gasteiger charge is 2.32. The van der Waals surface area contributed by atoms with Crippen LogP contribution in [0.3, 0.4) is 0 Å². The van der Waals surface area contributed by atoms with E-state index in [1.165, 1.54) is 0 Å². The number of carbonyl (C=O) groups is 1. The summed E-state index contributed by atoms with van der Waals surface area (Å²) in [4.78, 5) is 11.5. The molecule has 22 heavy (non-hydrogen) atoms. The molecule has 0 bridgehead atoms. The first kappa shape index (κ1) is 16.6. The monoisotopic (exact) mass is 319 g/mol. The summed E-state index contributed by atoms with van der Waals surface area (Å²) >= 11 is 0. The lowest BCUT2D eigenvalue weighted by atomic mass is 9.92. The largest absolute Gasteiger partial charge is 0.440 e. The summed E-state index contributed by atoms with van der Waals surface area (Å²) in [7, 11) is 0. The van der Waals surface area contributed by atoms with E-state index in [4.69, 9.17) is 0 Å². The number of aromatic nitrogens is 2. The molecule has 8 heteroatoms. The number of fused-ring (bicyclic) bond motifs is 1. The zero-order valence-electron chi connectivity index (χ0n) is 12.8. The number of rotatable bonds is 2. The number of nitrogens with one attached hydrogen (secondary N) is 1. The fourth-order valence-electron chi connectivity index (χ4n) is 2.62. The first-order valence-electron chi connectivity index (χ1n) is 7.15. The first-order valence-corrected chi connectivity index (χ1v) is 7.15. The maximum absolute atomic E-state index is 12.0. The molecule has 0 saturated carbocycles.